The molecule has 0 amide bonds. The van der Waals surface area contributed by atoms with Crippen molar-refractivity contribution in [1.29, 1.82) is 0 Å². The highest BCUT2D eigenvalue weighted by Crippen LogP contribution is 2.50. The fraction of sp³-hybridized carbons (Fsp3) is 0.600. The van der Waals surface area contributed by atoms with Crippen LogP contribution in [0.3, 0.4) is 0 Å². The van der Waals surface area contributed by atoms with Gasteiger partial charge in [0, 0.05) is 17.4 Å². The van der Waals surface area contributed by atoms with E-state index in [-0.39, 0.29) is 29.7 Å². The van der Waals surface area contributed by atoms with Crippen LogP contribution >= 0.6 is 0 Å². The highest BCUT2D eigenvalue weighted by Gasteiger charge is 2.57. The Hall–Kier alpha value is -1.42. The summed E-state index contributed by atoms with van der Waals surface area (Å²) >= 11 is 0. The molecule has 2 aliphatic carbocycles. The van der Waals surface area contributed by atoms with E-state index in [1.165, 1.54) is 0 Å². The molecule has 0 aromatic carbocycles. The Bertz CT molecular complexity index is 514. The molecule has 1 heterocycles. The quantitative estimate of drug-likeness (QED) is 0.529. The number of aliphatic hydroxyl groups is 1. The van der Waals surface area contributed by atoms with Crippen LogP contribution in [0.15, 0.2) is 23.8 Å². The molecule has 2 fully saturated rings. The zero-order valence-electron chi connectivity index (χ0n) is 11.2. The van der Waals surface area contributed by atoms with Gasteiger partial charge in [-0.1, -0.05) is 12.2 Å². The molecule has 3 aliphatic rings. The van der Waals surface area contributed by atoms with Gasteiger partial charge in [-0.05, 0) is 32.8 Å². The highest BCUT2D eigenvalue weighted by molar-refractivity contribution is 5.97. The molecule has 1 N–H and O–H groups in total. The Morgan fingerprint density at radius 2 is 2.16 bits per heavy atom. The fourth-order valence-corrected chi connectivity index (χ4v) is 3.89. The van der Waals surface area contributed by atoms with Crippen molar-refractivity contribution in [2.75, 3.05) is 0 Å². The maximum Gasteiger partial charge on any atom is 0.334 e. The first-order valence-electron chi connectivity index (χ1n) is 6.67. The summed E-state index contributed by atoms with van der Waals surface area (Å²) in [6.07, 6.45) is 2.36. The zero-order valence-corrected chi connectivity index (χ0v) is 11.2. The molecule has 5 atom stereocenters. The smallest absolute Gasteiger partial charge is 0.334 e. The largest absolute Gasteiger partial charge is 0.458 e. The van der Waals surface area contributed by atoms with Crippen molar-refractivity contribution in [3.8, 4) is 0 Å². The number of allylic oxidation sites excluding steroid dienone is 1. The molecule has 1 saturated heterocycles. The van der Waals surface area contributed by atoms with Crippen molar-refractivity contribution in [3.63, 3.8) is 0 Å². The summed E-state index contributed by atoms with van der Waals surface area (Å²) in [7, 11) is 0. The maximum absolute atomic E-state index is 12.1. The molecule has 1 saturated carbocycles. The minimum atomic E-state index is -1.05. The predicted octanol–water partition coefficient (Wildman–Crippen LogP) is 1.39. The van der Waals surface area contributed by atoms with Gasteiger partial charge in [0.05, 0.1) is 11.5 Å². The number of ketones is 1. The van der Waals surface area contributed by atoms with Crippen LogP contribution in [0, 0.1) is 17.8 Å². The molecule has 0 radical (unpaired) electrons. The number of hydrogen-bond acceptors (Lipinski definition) is 4. The standard InChI is InChI=1S/C15H18O4/c1-7-6-10(16)12-11(7)13-9(4-5-15(12,3)18)8(2)14(17)19-13/h6,9,11-13,18H,2,4-5H2,1,3H3/t9-,11-,12+,13-,15+/m0/s1. The number of esters is 1. The van der Waals surface area contributed by atoms with E-state index < -0.39 is 11.5 Å². The Kier molecular flexibility index (Phi) is 2.52. The molecule has 0 bridgehead atoms. The zero-order chi connectivity index (χ0) is 13.9. The topological polar surface area (TPSA) is 63.6 Å². The van der Waals surface area contributed by atoms with Crippen molar-refractivity contribution < 1.29 is 19.4 Å². The normalized spacial score (nSPS) is 45.4. The lowest BCUT2D eigenvalue weighted by molar-refractivity contribution is -0.145. The van der Waals surface area contributed by atoms with E-state index >= 15 is 0 Å². The van der Waals surface area contributed by atoms with Crippen molar-refractivity contribution in [2.24, 2.45) is 17.8 Å². The molecule has 0 aromatic rings. The second kappa shape index (κ2) is 3.79. The van der Waals surface area contributed by atoms with Gasteiger partial charge < -0.3 is 9.84 Å². The van der Waals surface area contributed by atoms with Crippen LogP contribution in [0.25, 0.3) is 0 Å². The summed E-state index contributed by atoms with van der Waals surface area (Å²) in [6, 6.07) is 0. The van der Waals surface area contributed by atoms with E-state index in [9.17, 15) is 14.7 Å². The molecule has 0 aromatic heterocycles. The van der Waals surface area contributed by atoms with E-state index in [4.69, 9.17) is 4.74 Å². The Balaban J connectivity index is 2.07. The number of rotatable bonds is 0. The Morgan fingerprint density at radius 3 is 2.84 bits per heavy atom. The molecule has 1 aliphatic heterocycles. The van der Waals surface area contributed by atoms with Gasteiger partial charge in [-0.15, -0.1) is 0 Å². The summed E-state index contributed by atoms with van der Waals surface area (Å²) in [6.45, 7) is 7.39. The number of ether oxygens (including phenoxy) is 1. The van der Waals surface area contributed by atoms with Gasteiger partial charge in [0.15, 0.2) is 5.78 Å². The van der Waals surface area contributed by atoms with Crippen LogP contribution in [0.5, 0.6) is 0 Å². The van der Waals surface area contributed by atoms with Gasteiger partial charge >= 0.3 is 5.97 Å². The number of fused-ring (bicyclic) bond motifs is 3. The van der Waals surface area contributed by atoms with Crippen molar-refractivity contribution in [2.45, 2.75) is 38.4 Å². The minimum absolute atomic E-state index is 0.0540. The molecule has 3 rings (SSSR count). The molecule has 0 spiro atoms. The van der Waals surface area contributed by atoms with Crippen LogP contribution < -0.4 is 0 Å². The summed E-state index contributed by atoms with van der Waals surface area (Å²) in [5.41, 5.74) is 0.329. The molecule has 0 unspecified atom stereocenters. The van der Waals surface area contributed by atoms with Crippen LogP contribution in [0.2, 0.25) is 0 Å². The van der Waals surface area contributed by atoms with Gasteiger partial charge in [0.1, 0.15) is 6.10 Å². The summed E-state index contributed by atoms with van der Waals surface area (Å²) in [5.74, 6) is -1.20. The maximum atomic E-state index is 12.1. The molecule has 102 valence electrons. The van der Waals surface area contributed by atoms with Crippen LogP contribution in [-0.4, -0.2) is 28.6 Å². The number of carbonyl (C=O) groups is 2. The second-order valence-electron chi connectivity index (χ2n) is 6.19. The third-order valence-corrected chi connectivity index (χ3v) is 4.90. The monoisotopic (exact) mass is 262 g/mol. The van der Waals surface area contributed by atoms with Gasteiger partial charge in [-0.2, -0.15) is 0 Å². The van der Waals surface area contributed by atoms with Crippen molar-refractivity contribution in [1.82, 2.24) is 0 Å². The average Bonchev–Trinajstić information content (AvgIpc) is 2.71. The van der Waals surface area contributed by atoms with Crippen LogP contribution in [-0.2, 0) is 14.3 Å². The minimum Gasteiger partial charge on any atom is -0.458 e. The predicted molar refractivity (Wildman–Crippen MR) is 68.1 cm³/mol. The lowest BCUT2D eigenvalue weighted by atomic mass is 9.76. The van der Waals surface area contributed by atoms with E-state index in [0.717, 1.165) is 5.57 Å². The number of carbonyl (C=O) groups excluding carboxylic acids is 2. The summed E-state index contributed by atoms with van der Waals surface area (Å²) < 4.78 is 5.44. The van der Waals surface area contributed by atoms with E-state index in [0.29, 0.717) is 18.4 Å². The van der Waals surface area contributed by atoms with E-state index in [2.05, 4.69) is 6.58 Å². The number of hydrogen-bond donors (Lipinski definition) is 1. The van der Waals surface area contributed by atoms with Crippen molar-refractivity contribution >= 4 is 11.8 Å². The third kappa shape index (κ3) is 1.62. The third-order valence-electron chi connectivity index (χ3n) is 4.90. The first-order valence-corrected chi connectivity index (χ1v) is 6.67. The van der Waals surface area contributed by atoms with Gasteiger partial charge in [0.2, 0.25) is 0 Å². The fourth-order valence-electron chi connectivity index (χ4n) is 3.89. The highest BCUT2D eigenvalue weighted by atomic mass is 16.6. The first-order chi connectivity index (χ1) is 8.83. The van der Waals surface area contributed by atoms with Gasteiger partial charge in [-0.25, -0.2) is 4.79 Å². The lowest BCUT2D eigenvalue weighted by Crippen LogP contribution is -2.43. The van der Waals surface area contributed by atoms with Gasteiger partial charge in [0.25, 0.3) is 0 Å². The first kappa shape index (κ1) is 12.6. The van der Waals surface area contributed by atoms with Crippen molar-refractivity contribution in [3.05, 3.63) is 23.8 Å². The van der Waals surface area contributed by atoms with E-state index in [1.807, 2.05) is 6.92 Å². The van der Waals surface area contributed by atoms with E-state index in [1.54, 1.807) is 13.0 Å². The molecular formula is C15H18O4. The summed E-state index contributed by atoms with van der Waals surface area (Å²) in [4.78, 5) is 23.8. The molecule has 19 heavy (non-hydrogen) atoms. The van der Waals surface area contributed by atoms with Crippen LogP contribution in [0.1, 0.15) is 26.7 Å². The average molecular weight is 262 g/mol. The van der Waals surface area contributed by atoms with Crippen LogP contribution in [0.4, 0.5) is 0 Å². The Morgan fingerprint density at radius 1 is 1.47 bits per heavy atom. The lowest BCUT2D eigenvalue weighted by Gasteiger charge is -2.33. The van der Waals surface area contributed by atoms with Gasteiger partial charge in [-0.3, -0.25) is 4.79 Å². The molecular weight excluding hydrogens is 244 g/mol. The summed E-state index contributed by atoms with van der Waals surface area (Å²) in [5, 5.41) is 10.6. The SMILES string of the molecule is C=C1C(=O)O[C@@H]2[C@H]3C(C)=CC(=O)[C@H]3[C@](C)(O)CC[C@@H]12. The molecule has 4 heteroatoms. The second-order valence-corrected chi connectivity index (χ2v) is 6.19. The Labute approximate surface area is 112 Å². The molecule has 4 nitrogen and oxygen atoms in total.